The Balaban J connectivity index is 1.33. The van der Waals surface area contributed by atoms with Crippen molar-refractivity contribution in [1.82, 2.24) is 9.55 Å². The molecule has 0 fully saturated rings. The first kappa shape index (κ1) is 23.3. The Morgan fingerprint density at radius 3 is 2.74 bits per heavy atom. The van der Waals surface area contributed by atoms with Crippen molar-refractivity contribution in [3.05, 3.63) is 58.5 Å². The number of esters is 1. The molecule has 178 valence electrons. The number of nitrogens with zero attached hydrogens (tertiary/aromatic N) is 2. The van der Waals surface area contributed by atoms with Crippen molar-refractivity contribution in [2.75, 3.05) is 25.1 Å². The zero-order chi connectivity index (χ0) is 23.9. The van der Waals surface area contributed by atoms with Crippen molar-refractivity contribution < 1.29 is 23.8 Å². The minimum Gasteiger partial charge on any atom is -0.486 e. The summed E-state index contributed by atoms with van der Waals surface area (Å²) in [6, 6.07) is 12.5. The second-order valence-corrected chi connectivity index (χ2v) is 7.92. The fraction of sp³-hybridized carbons (Fsp3) is 0.360. The van der Waals surface area contributed by atoms with Crippen LogP contribution in [0.2, 0.25) is 0 Å². The Kier molecular flexibility index (Phi) is 7.41. The molecule has 3 aromatic rings. The van der Waals surface area contributed by atoms with Crippen LogP contribution in [0.1, 0.15) is 31.9 Å². The highest BCUT2D eigenvalue weighted by Crippen LogP contribution is 2.32. The second-order valence-electron chi connectivity index (χ2n) is 7.92. The SMILES string of the molecule is CCCCn1c(=O)c(CCC(=O)OCC(=O)Nc2ccc3c(c2)OCCO3)nc2ccccc21. The fourth-order valence-corrected chi connectivity index (χ4v) is 3.70. The van der Waals surface area contributed by atoms with E-state index in [1.165, 1.54) is 0 Å². The van der Waals surface area contributed by atoms with E-state index in [0.29, 0.717) is 48.2 Å². The van der Waals surface area contributed by atoms with E-state index in [2.05, 4.69) is 17.2 Å². The number of rotatable bonds is 9. The van der Waals surface area contributed by atoms with Crippen LogP contribution >= 0.6 is 0 Å². The molecule has 0 saturated carbocycles. The number of ether oxygens (including phenoxy) is 3. The van der Waals surface area contributed by atoms with Gasteiger partial charge < -0.3 is 24.1 Å². The van der Waals surface area contributed by atoms with Gasteiger partial charge in [-0.2, -0.15) is 0 Å². The van der Waals surface area contributed by atoms with Crippen LogP contribution in [0.25, 0.3) is 11.0 Å². The fourth-order valence-electron chi connectivity index (χ4n) is 3.70. The van der Waals surface area contributed by atoms with Crippen molar-refractivity contribution in [3.63, 3.8) is 0 Å². The zero-order valence-electron chi connectivity index (χ0n) is 19.0. The number of para-hydroxylation sites is 2. The lowest BCUT2D eigenvalue weighted by molar-refractivity contribution is -0.147. The van der Waals surface area contributed by atoms with Gasteiger partial charge in [-0.1, -0.05) is 25.5 Å². The van der Waals surface area contributed by atoms with Gasteiger partial charge in [-0.05, 0) is 30.7 Å². The predicted octanol–water partition coefficient (Wildman–Crippen LogP) is 3.08. The molecule has 1 amide bonds. The van der Waals surface area contributed by atoms with Gasteiger partial charge >= 0.3 is 5.97 Å². The number of fused-ring (bicyclic) bond motifs is 2. The molecule has 0 radical (unpaired) electrons. The monoisotopic (exact) mass is 465 g/mol. The molecule has 34 heavy (non-hydrogen) atoms. The summed E-state index contributed by atoms with van der Waals surface area (Å²) in [4.78, 5) is 41.8. The lowest BCUT2D eigenvalue weighted by Crippen LogP contribution is -2.27. The molecule has 0 spiro atoms. The van der Waals surface area contributed by atoms with E-state index >= 15 is 0 Å². The van der Waals surface area contributed by atoms with Crippen molar-refractivity contribution >= 4 is 28.6 Å². The molecule has 9 nitrogen and oxygen atoms in total. The van der Waals surface area contributed by atoms with Gasteiger partial charge in [0.05, 0.1) is 17.5 Å². The van der Waals surface area contributed by atoms with Crippen molar-refractivity contribution in [1.29, 1.82) is 0 Å². The normalized spacial score (nSPS) is 12.4. The zero-order valence-corrected chi connectivity index (χ0v) is 19.0. The molecule has 1 aromatic heterocycles. The predicted molar refractivity (Wildman–Crippen MR) is 126 cm³/mol. The van der Waals surface area contributed by atoms with Crippen LogP contribution < -0.4 is 20.3 Å². The highest BCUT2D eigenvalue weighted by atomic mass is 16.6. The van der Waals surface area contributed by atoms with E-state index in [-0.39, 0.29) is 18.4 Å². The molecule has 2 aromatic carbocycles. The van der Waals surface area contributed by atoms with Crippen molar-refractivity contribution in [3.8, 4) is 11.5 Å². The van der Waals surface area contributed by atoms with Gasteiger partial charge in [-0.3, -0.25) is 14.4 Å². The minimum atomic E-state index is -0.577. The van der Waals surface area contributed by atoms with Crippen LogP contribution in [0.3, 0.4) is 0 Å². The molecule has 0 aliphatic carbocycles. The number of nitrogens with one attached hydrogen (secondary N) is 1. The molecular weight excluding hydrogens is 438 g/mol. The van der Waals surface area contributed by atoms with Crippen LogP contribution in [0.15, 0.2) is 47.3 Å². The maximum absolute atomic E-state index is 12.9. The third kappa shape index (κ3) is 5.54. The van der Waals surface area contributed by atoms with Crippen molar-refractivity contribution in [2.24, 2.45) is 0 Å². The number of hydrogen-bond acceptors (Lipinski definition) is 7. The third-order valence-electron chi connectivity index (χ3n) is 5.41. The maximum atomic E-state index is 12.9. The van der Waals surface area contributed by atoms with Crippen LogP contribution in [-0.2, 0) is 27.3 Å². The van der Waals surface area contributed by atoms with E-state index in [4.69, 9.17) is 14.2 Å². The highest BCUT2D eigenvalue weighted by molar-refractivity contribution is 5.93. The summed E-state index contributed by atoms with van der Waals surface area (Å²) >= 11 is 0. The first-order valence-corrected chi connectivity index (χ1v) is 11.4. The summed E-state index contributed by atoms with van der Waals surface area (Å²) in [6.45, 7) is 3.15. The van der Waals surface area contributed by atoms with Crippen molar-refractivity contribution in [2.45, 2.75) is 39.2 Å². The molecule has 0 atom stereocenters. The van der Waals surface area contributed by atoms with Gasteiger partial charge in [0.2, 0.25) is 0 Å². The molecule has 1 N–H and O–H groups in total. The topological polar surface area (TPSA) is 109 Å². The maximum Gasteiger partial charge on any atom is 0.306 e. The second kappa shape index (κ2) is 10.8. The van der Waals surface area contributed by atoms with Gasteiger partial charge in [0.25, 0.3) is 11.5 Å². The van der Waals surface area contributed by atoms with E-state index in [9.17, 15) is 14.4 Å². The summed E-state index contributed by atoms with van der Waals surface area (Å²) < 4.78 is 17.7. The Bertz CT molecular complexity index is 1250. The molecule has 1 aliphatic rings. The number of amides is 1. The molecule has 9 heteroatoms. The number of carbonyl (C=O) groups excluding carboxylic acids is 2. The first-order valence-electron chi connectivity index (χ1n) is 11.4. The number of aryl methyl sites for hydroxylation is 2. The third-order valence-corrected chi connectivity index (χ3v) is 5.41. The average molecular weight is 466 g/mol. The lowest BCUT2D eigenvalue weighted by atomic mass is 10.2. The molecule has 4 rings (SSSR count). The van der Waals surface area contributed by atoms with E-state index in [1.54, 1.807) is 22.8 Å². The van der Waals surface area contributed by atoms with Gasteiger partial charge in [-0.25, -0.2) is 4.98 Å². The molecule has 2 heterocycles. The molecule has 1 aliphatic heterocycles. The van der Waals surface area contributed by atoms with Crippen LogP contribution in [-0.4, -0.2) is 41.2 Å². The Morgan fingerprint density at radius 2 is 1.91 bits per heavy atom. The highest BCUT2D eigenvalue weighted by Gasteiger charge is 2.15. The summed E-state index contributed by atoms with van der Waals surface area (Å²) in [7, 11) is 0. The number of unbranched alkanes of at least 4 members (excludes halogenated alkanes) is 1. The average Bonchev–Trinajstić information content (AvgIpc) is 2.85. The van der Waals surface area contributed by atoms with E-state index in [1.807, 2.05) is 24.3 Å². The lowest BCUT2D eigenvalue weighted by Gasteiger charge is -2.19. The smallest absolute Gasteiger partial charge is 0.306 e. The standard InChI is InChI=1S/C25H27N3O6/c1-2-3-12-28-20-7-5-4-6-18(20)27-19(25(28)31)9-11-24(30)34-16-23(29)26-17-8-10-21-22(15-17)33-14-13-32-21/h4-8,10,15H,2-3,9,11-14,16H2,1H3,(H,26,29). The van der Waals surface area contributed by atoms with E-state index in [0.717, 1.165) is 18.4 Å². The van der Waals surface area contributed by atoms with Gasteiger partial charge in [-0.15, -0.1) is 0 Å². The first-order chi connectivity index (χ1) is 16.5. The van der Waals surface area contributed by atoms with Gasteiger partial charge in [0.15, 0.2) is 18.1 Å². The molecule has 0 unspecified atom stereocenters. The molecule has 0 saturated heterocycles. The Labute approximate surface area is 196 Å². The number of hydrogen-bond donors (Lipinski definition) is 1. The minimum absolute atomic E-state index is 0.0499. The van der Waals surface area contributed by atoms with E-state index < -0.39 is 18.5 Å². The number of benzene rings is 2. The van der Waals surface area contributed by atoms with Crippen LogP contribution in [0.5, 0.6) is 11.5 Å². The summed E-state index contributed by atoms with van der Waals surface area (Å²) in [6.07, 6.45) is 1.91. The largest absolute Gasteiger partial charge is 0.486 e. The summed E-state index contributed by atoms with van der Waals surface area (Å²) in [5.74, 6) is 0.114. The quantitative estimate of drug-likeness (QED) is 0.484. The van der Waals surface area contributed by atoms with Gasteiger partial charge in [0.1, 0.15) is 18.9 Å². The molecular formula is C25H27N3O6. The summed E-state index contributed by atoms with van der Waals surface area (Å²) in [5, 5.41) is 2.66. The number of carbonyl (C=O) groups is 2. The number of anilines is 1. The van der Waals surface area contributed by atoms with Gasteiger partial charge in [0, 0.05) is 24.7 Å². The summed E-state index contributed by atoms with van der Waals surface area (Å²) in [5.41, 5.74) is 2.12. The Morgan fingerprint density at radius 1 is 1.12 bits per heavy atom. The van der Waals surface area contributed by atoms with Crippen LogP contribution in [0, 0.1) is 0 Å². The number of aromatic nitrogens is 2. The molecule has 0 bridgehead atoms. The van der Waals surface area contributed by atoms with Crippen LogP contribution in [0.4, 0.5) is 5.69 Å². The Hall–Kier alpha value is -3.88.